The Balaban J connectivity index is 2.47. The number of aromatic nitrogens is 2. The van der Waals surface area contributed by atoms with Crippen molar-refractivity contribution >= 4 is 32.9 Å². The summed E-state index contributed by atoms with van der Waals surface area (Å²) in [5, 5.41) is 0. The van der Waals surface area contributed by atoms with E-state index in [-0.39, 0.29) is 12.4 Å². The number of hydrogen-bond donors (Lipinski definition) is 1. The minimum atomic E-state index is -0.647. The van der Waals surface area contributed by atoms with Gasteiger partial charge in [0.05, 0.1) is 19.0 Å². The van der Waals surface area contributed by atoms with E-state index in [1.54, 1.807) is 12.1 Å². The van der Waals surface area contributed by atoms with Gasteiger partial charge in [0.25, 0.3) is 6.08 Å². The summed E-state index contributed by atoms with van der Waals surface area (Å²) in [7, 11) is 1.32. The fraction of sp³-hybridized carbons (Fsp3) is 0.200. The number of nitrogens with zero attached hydrogens (tertiary/aromatic N) is 1. The highest BCUT2D eigenvalue weighted by molar-refractivity contribution is 9.10. The Morgan fingerprint density at radius 1 is 1.62 bits per heavy atom. The first-order valence-electron chi connectivity index (χ1n) is 4.51. The van der Waals surface area contributed by atoms with E-state index in [1.807, 2.05) is 0 Å². The second-order valence-corrected chi connectivity index (χ2v) is 4.01. The van der Waals surface area contributed by atoms with Crippen molar-refractivity contribution < 1.29 is 13.9 Å². The molecule has 0 spiro atoms. The van der Waals surface area contributed by atoms with Gasteiger partial charge in [0.1, 0.15) is 5.52 Å². The number of methoxy groups -OCH3 is 1. The van der Waals surface area contributed by atoms with Crippen LogP contribution in [-0.4, -0.2) is 23.0 Å². The van der Waals surface area contributed by atoms with Crippen molar-refractivity contribution in [2.45, 2.75) is 6.42 Å². The third kappa shape index (κ3) is 1.92. The first kappa shape index (κ1) is 11.1. The van der Waals surface area contributed by atoms with Crippen LogP contribution in [0, 0.1) is 6.08 Å². The number of hydrogen-bond acceptors (Lipinski definition) is 3. The van der Waals surface area contributed by atoms with Gasteiger partial charge in [0.15, 0.2) is 0 Å². The topological polar surface area (TPSA) is 55.0 Å². The normalized spacial score (nSPS) is 10.7. The van der Waals surface area contributed by atoms with Crippen LogP contribution in [0.5, 0.6) is 0 Å². The summed E-state index contributed by atoms with van der Waals surface area (Å²) in [5.74, 6) is -0.351. The molecule has 16 heavy (non-hydrogen) atoms. The molecule has 1 heterocycles. The van der Waals surface area contributed by atoms with Crippen LogP contribution in [-0.2, 0) is 16.0 Å². The maximum absolute atomic E-state index is 12.9. The highest BCUT2D eigenvalue weighted by Gasteiger charge is 2.12. The summed E-state index contributed by atoms with van der Waals surface area (Å²) >= 11 is 3.30. The Kier molecular flexibility index (Phi) is 2.91. The standard InChI is InChI=1S/C10H8BrFN2O2/c1-16-7(15)4-5-2-3-6-9(8(5)11)14-10(12)13-6/h2-3H,4H2,1H3,(H,13,14). The molecule has 0 amide bonds. The van der Waals surface area contributed by atoms with Gasteiger partial charge in [-0.1, -0.05) is 6.07 Å². The SMILES string of the molecule is COC(=O)Cc1ccc2[nH]c(F)nc2c1Br. The van der Waals surface area contributed by atoms with Crippen molar-refractivity contribution in [3.8, 4) is 0 Å². The number of aromatic amines is 1. The molecule has 0 atom stereocenters. The predicted octanol–water partition coefficient (Wildman–Crippen LogP) is 2.18. The smallest absolute Gasteiger partial charge is 0.310 e. The summed E-state index contributed by atoms with van der Waals surface area (Å²) in [5.41, 5.74) is 1.77. The zero-order chi connectivity index (χ0) is 11.7. The van der Waals surface area contributed by atoms with Crippen LogP contribution < -0.4 is 0 Å². The van der Waals surface area contributed by atoms with Crippen LogP contribution in [0.25, 0.3) is 11.0 Å². The molecule has 0 saturated carbocycles. The molecule has 1 aromatic heterocycles. The molecule has 0 aliphatic carbocycles. The van der Waals surface area contributed by atoms with Gasteiger partial charge in [-0.3, -0.25) is 4.79 Å². The molecule has 2 aromatic rings. The molecule has 4 nitrogen and oxygen atoms in total. The van der Waals surface area contributed by atoms with Gasteiger partial charge in [0.2, 0.25) is 0 Å². The van der Waals surface area contributed by atoms with E-state index >= 15 is 0 Å². The van der Waals surface area contributed by atoms with Gasteiger partial charge in [0, 0.05) is 4.47 Å². The molecule has 0 bridgehead atoms. The van der Waals surface area contributed by atoms with E-state index in [1.165, 1.54) is 7.11 Å². The van der Waals surface area contributed by atoms with Gasteiger partial charge in [-0.2, -0.15) is 4.39 Å². The van der Waals surface area contributed by atoms with Crippen LogP contribution in [0.2, 0.25) is 0 Å². The number of imidazole rings is 1. The fourth-order valence-corrected chi connectivity index (χ4v) is 1.99. The zero-order valence-corrected chi connectivity index (χ0v) is 9.97. The van der Waals surface area contributed by atoms with Crippen molar-refractivity contribution in [2.24, 2.45) is 0 Å². The number of esters is 1. The monoisotopic (exact) mass is 286 g/mol. The van der Waals surface area contributed by atoms with Crippen molar-refractivity contribution in [3.05, 3.63) is 28.2 Å². The third-order valence-electron chi connectivity index (χ3n) is 2.21. The lowest BCUT2D eigenvalue weighted by atomic mass is 10.1. The van der Waals surface area contributed by atoms with Gasteiger partial charge in [-0.05, 0) is 27.6 Å². The van der Waals surface area contributed by atoms with Crippen LogP contribution >= 0.6 is 15.9 Å². The van der Waals surface area contributed by atoms with Crippen molar-refractivity contribution in [3.63, 3.8) is 0 Å². The molecule has 84 valence electrons. The van der Waals surface area contributed by atoms with Gasteiger partial charge in [-0.15, -0.1) is 0 Å². The highest BCUT2D eigenvalue weighted by atomic mass is 79.9. The Labute approximate surface area is 98.9 Å². The van der Waals surface area contributed by atoms with Gasteiger partial charge in [-0.25, -0.2) is 4.98 Å². The number of ether oxygens (including phenoxy) is 1. The third-order valence-corrected chi connectivity index (χ3v) is 3.09. The summed E-state index contributed by atoms with van der Waals surface area (Å²) in [4.78, 5) is 17.3. The van der Waals surface area contributed by atoms with E-state index in [0.717, 1.165) is 0 Å². The van der Waals surface area contributed by atoms with Crippen LogP contribution in [0.15, 0.2) is 16.6 Å². The average molecular weight is 287 g/mol. The predicted molar refractivity (Wildman–Crippen MR) is 59.5 cm³/mol. The molecule has 6 heteroatoms. The molecule has 0 radical (unpaired) electrons. The number of benzene rings is 1. The lowest BCUT2D eigenvalue weighted by molar-refractivity contribution is -0.139. The zero-order valence-electron chi connectivity index (χ0n) is 8.38. The van der Waals surface area contributed by atoms with Gasteiger partial charge < -0.3 is 9.72 Å². The van der Waals surface area contributed by atoms with E-state index in [0.29, 0.717) is 21.1 Å². The first-order valence-corrected chi connectivity index (χ1v) is 5.30. The number of H-pyrrole nitrogens is 1. The van der Waals surface area contributed by atoms with E-state index in [4.69, 9.17) is 0 Å². The Morgan fingerprint density at radius 3 is 3.06 bits per heavy atom. The maximum atomic E-state index is 12.9. The molecule has 1 N–H and O–H groups in total. The molecule has 0 aliphatic rings. The molecule has 1 aromatic carbocycles. The fourth-order valence-electron chi connectivity index (χ4n) is 1.42. The Bertz CT molecular complexity index is 553. The lowest BCUT2D eigenvalue weighted by Gasteiger charge is -2.03. The molecule has 2 rings (SSSR count). The maximum Gasteiger partial charge on any atom is 0.310 e. The average Bonchev–Trinajstić information content (AvgIpc) is 2.64. The number of carbonyl (C=O) groups is 1. The number of rotatable bonds is 2. The number of halogens is 2. The molecule has 0 saturated heterocycles. The largest absolute Gasteiger partial charge is 0.469 e. The minimum Gasteiger partial charge on any atom is -0.469 e. The second-order valence-electron chi connectivity index (χ2n) is 3.22. The highest BCUT2D eigenvalue weighted by Crippen LogP contribution is 2.26. The minimum absolute atomic E-state index is 0.126. The second kappa shape index (κ2) is 4.21. The molecular formula is C10H8BrFN2O2. The van der Waals surface area contributed by atoms with Crippen molar-refractivity contribution in [1.82, 2.24) is 9.97 Å². The summed E-state index contributed by atoms with van der Waals surface area (Å²) < 4.78 is 18.1. The number of nitrogens with one attached hydrogen (secondary N) is 1. The van der Waals surface area contributed by atoms with Crippen molar-refractivity contribution in [1.29, 1.82) is 0 Å². The quantitative estimate of drug-likeness (QED) is 0.861. The molecule has 0 unspecified atom stereocenters. The Morgan fingerprint density at radius 2 is 2.38 bits per heavy atom. The number of carbonyl (C=O) groups excluding carboxylic acids is 1. The first-order chi connectivity index (χ1) is 7.61. The molecule has 0 aliphatic heterocycles. The van der Waals surface area contributed by atoms with Gasteiger partial charge >= 0.3 is 5.97 Å². The van der Waals surface area contributed by atoms with E-state index in [2.05, 4.69) is 30.6 Å². The molecule has 0 fully saturated rings. The van der Waals surface area contributed by atoms with Crippen LogP contribution in [0.1, 0.15) is 5.56 Å². The Hall–Kier alpha value is -1.43. The van der Waals surface area contributed by atoms with E-state index < -0.39 is 6.08 Å². The van der Waals surface area contributed by atoms with Crippen molar-refractivity contribution in [2.75, 3.05) is 7.11 Å². The molecular weight excluding hydrogens is 279 g/mol. The lowest BCUT2D eigenvalue weighted by Crippen LogP contribution is -2.05. The summed E-state index contributed by atoms with van der Waals surface area (Å²) in [6, 6.07) is 3.40. The number of fused-ring (bicyclic) bond motifs is 1. The summed E-state index contributed by atoms with van der Waals surface area (Å²) in [6.45, 7) is 0. The van der Waals surface area contributed by atoms with Crippen LogP contribution in [0.4, 0.5) is 4.39 Å². The van der Waals surface area contributed by atoms with E-state index in [9.17, 15) is 9.18 Å². The van der Waals surface area contributed by atoms with Crippen LogP contribution in [0.3, 0.4) is 0 Å². The summed E-state index contributed by atoms with van der Waals surface area (Å²) in [6.07, 6.45) is -0.521.